The van der Waals surface area contributed by atoms with E-state index in [0.29, 0.717) is 11.8 Å². The summed E-state index contributed by atoms with van der Waals surface area (Å²) < 4.78 is 0. The molecule has 1 unspecified atom stereocenters. The number of nitrogens with zero attached hydrogens (tertiary/aromatic N) is 1. The summed E-state index contributed by atoms with van der Waals surface area (Å²) in [5.41, 5.74) is 3.35. The lowest BCUT2D eigenvalue weighted by Crippen LogP contribution is -2.01. The van der Waals surface area contributed by atoms with Crippen LogP contribution in [0.25, 0.3) is 0 Å². The molecule has 0 amide bonds. The number of hydrogen-bond acceptors (Lipinski definition) is 1. The van der Waals surface area contributed by atoms with Crippen molar-refractivity contribution in [2.75, 3.05) is 0 Å². The highest BCUT2D eigenvalue weighted by Gasteiger charge is 2.24. The second-order valence-electron chi connectivity index (χ2n) is 4.89. The summed E-state index contributed by atoms with van der Waals surface area (Å²) in [6, 6.07) is 0. The van der Waals surface area contributed by atoms with Gasteiger partial charge < -0.3 is 0 Å². The first-order valence-corrected chi connectivity index (χ1v) is 6.32. The first kappa shape index (κ1) is 13.0. The van der Waals surface area contributed by atoms with Crippen molar-refractivity contribution in [3.8, 4) is 12.3 Å². The summed E-state index contributed by atoms with van der Waals surface area (Å²) in [5, 5.41) is 0. The molecule has 1 fully saturated rings. The van der Waals surface area contributed by atoms with Crippen LogP contribution in [-0.4, -0.2) is 5.71 Å². The molecule has 1 aliphatic rings. The molecular formula is C15H23N. The molecule has 0 aromatic heterocycles. The Morgan fingerprint density at radius 1 is 1.44 bits per heavy atom. The Morgan fingerprint density at radius 2 is 2.06 bits per heavy atom. The van der Waals surface area contributed by atoms with E-state index in [1.807, 2.05) is 0 Å². The molecule has 0 heterocycles. The van der Waals surface area contributed by atoms with Crippen LogP contribution in [0.4, 0.5) is 0 Å². The van der Waals surface area contributed by atoms with Gasteiger partial charge in [-0.2, -0.15) is 0 Å². The maximum atomic E-state index is 5.56. The van der Waals surface area contributed by atoms with E-state index in [-0.39, 0.29) is 0 Å². The second-order valence-corrected chi connectivity index (χ2v) is 4.89. The predicted molar refractivity (Wildman–Crippen MR) is 71.4 cm³/mol. The van der Waals surface area contributed by atoms with E-state index < -0.39 is 0 Å². The van der Waals surface area contributed by atoms with Gasteiger partial charge in [-0.05, 0) is 50.5 Å². The van der Waals surface area contributed by atoms with Crippen molar-refractivity contribution in [3.05, 3.63) is 11.3 Å². The molecule has 1 heteroatoms. The van der Waals surface area contributed by atoms with Crippen LogP contribution in [0.5, 0.6) is 0 Å². The highest BCUT2D eigenvalue weighted by atomic mass is 14.8. The van der Waals surface area contributed by atoms with E-state index in [0.717, 1.165) is 5.70 Å². The van der Waals surface area contributed by atoms with Crippen molar-refractivity contribution in [1.29, 1.82) is 0 Å². The summed E-state index contributed by atoms with van der Waals surface area (Å²) in [5.74, 6) is 4.00. The van der Waals surface area contributed by atoms with Crippen LogP contribution in [0.1, 0.15) is 53.4 Å². The van der Waals surface area contributed by atoms with Gasteiger partial charge in [0, 0.05) is 5.71 Å². The molecule has 88 valence electrons. The predicted octanol–water partition coefficient (Wildman–Crippen LogP) is 4.20. The molecule has 0 saturated heterocycles. The standard InChI is InChI=1S/C15H23N/c1-6-8-11(3)12(4)15(7-2)16-13(5)14-9-10-14/h2,11,14H,6,8-10H2,1,3-5H3/b15-12+,16-13+. The van der Waals surface area contributed by atoms with E-state index in [9.17, 15) is 0 Å². The van der Waals surface area contributed by atoms with Gasteiger partial charge >= 0.3 is 0 Å². The smallest absolute Gasteiger partial charge is 0.111 e. The maximum absolute atomic E-state index is 5.56. The van der Waals surface area contributed by atoms with Gasteiger partial charge in [0.15, 0.2) is 0 Å². The second kappa shape index (κ2) is 5.89. The lowest BCUT2D eigenvalue weighted by atomic mass is 9.96. The van der Waals surface area contributed by atoms with Gasteiger partial charge in [-0.1, -0.05) is 26.2 Å². The molecule has 16 heavy (non-hydrogen) atoms. The number of terminal acetylenes is 1. The van der Waals surface area contributed by atoms with Crippen molar-refractivity contribution in [1.82, 2.24) is 0 Å². The van der Waals surface area contributed by atoms with Gasteiger partial charge in [0.2, 0.25) is 0 Å². The Kier molecular flexibility index (Phi) is 4.80. The molecule has 0 aromatic carbocycles. The Labute approximate surface area is 100 Å². The van der Waals surface area contributed by atoms with Gasteiger partial charge in [0.05, 0.1) is 0 Å². The van der Waals surface area contributed by atoms with Gasteiger partial charge in [-0.25, -0.2) is 4.99 Å². The highest BCUT2D eigenvalue weighted by Crippen LogP contribution is 2.31. The average Bonchev–Trinajstić information content (AvgIpc) is 3.08. The Bertz CT molecular complexity index is 337. The van der Waals surface area contributed by atoms with E-state index >= 15 is 0 Å². The molecule has 1 aliphatic carbocycles. The Hall–Kier alpha value is -1.03. The monoisotopic (exact) mass is 217 g/mol. The third kappa shape index (κ3) is 3.52. The highest BCUT2D eigenvalue weighted by molar-refractivity contribution is 5.87. The SMILES string of the molecule is C#CC(/N=C(\C)C1CC1)=C(/C)C(C)CCC. The quantitative estimate of drug-likeness (QED) is 0.483. The van der Waals surface area contributed by atoms with Crippen molar-refractivity contribution >= 4 is 5.71 Å². The van der Waals surface area contributed by atoms with Crippen LogP contribution in [0.2, 0.25) is 0 Å². The lowest BCUT2D eigenvalue weighted by molar-refractivity contribution is 0.597. The zero-order valence-corrected chi connectivity index (χ0v) is 11.0. The summed E-state index contributed by atoms with van der Waals surface area (Å²) >= 11 is 0. The van der Waals surface area contributed by atoms with Crippen molar-refractivity contribution < 1.29 is 0 Å². The van der Waals surface area contributed by atoms with Gasteiger partial charge in [0.25, 0.3) is 0 Å². The molecule has 1 rings (SSSR count). The molecule has 0 radical (unpaired) electrons. The number of hydrogen-bond donors (Lipinski definition) is 0. The zero-order chi connectivity index (χ0) is 12.1. The third-order valence-electron chi connectivity index (χ3n) is 3.43. The van der Waals surface area contributed by atoms with Crippen LogP contribution in [0.15, 0.2) is 16.3 Å². The first-order chi connectivity index (χ1) is 7.60. The van der Waals surface area contributed by atoms with E-state index in [4.69, 9.17) is 6.42 Å². The summed E-state index contributed by atoms with van der Waals surface area (Å²) in [7, 11) is 0. The molecule has 0 aliphatic heterocycles. The molecular weight excluding hydrogens is 194 g/mol. The third-order valence-corrected chi connectivity index (χ3v) is 3.43. The Balaban J connectivity index is 2.82. The van der Waals surface area contributed by atoms with Gasteiger partial charge in [0.1, 0.15) is 5.70 Å². The number of aliphatic imine (C=N–C) groups is 1. The molecule has 0 spiro atoms. The molecule has 1 nitrogen and oxygen atoms in total. The van der Waals surface area contributed by atoms with Crippen molar-refractivity contribution in [3.63, 3.8) is 0 Å². The van der Waals surface area contributed by atoms with E-state index in [1.54, 1.807) is 0 Å². The molecule has 0 N–H and O–H groups in total. The van der Waals surface area contributed by atoms with E-state index in [2.05, 4.69) is 38.6 Å². The van der Waals surface area contributed by atoms with Crippen molar-refractivity contribution in [2.45, 2.75) is 53.4 Å². The normalized spacial score (nSPS) is 20.1. The summed E-state index contributed by atoms with van der Waals surface area (Å²) in [6.07, 6.45) is 10.5. The topological polar surface area (TPSA) is 12.4 Å². The van der Waals surface area contributed by atoms with E-state index in [1.165, 1.54) is 37.0 Å². The fourth-order valence-corrected chi connectivity index (χ4v) is 1.89. The number of allylic oxidation sites excluding steroid dienone is 2. The largest absolute Gasteiger partial charge is 0.249 e. The molecule has 0 aromatic rings. The van der Waals surface area contributed by atoms with Gasteiger partial charge in [-0.15, -0.1) is 6.42 Å². The fraction of sp³-hybridized carbons (Fsp3) is 0.667. The minimum Gasteiger partial charge on any atom is -0.249 e. The molecule has 1 saturated carbocycles. The van der Waals surface area contributed by atoms with Crippen LogP contribution in [-0.2, 0) is 0 Å². The van der Waals surface area contributed by atoms with Crippen LogP contribution in [0.3, 0.4) is 0 Å². The molecule has 1 atom stereocenters. The van der Waals surface area contributed by atoms with Crippen LogP contribution in [0, 0.1) is 24.2 Å². The van der Waals surface area contributed by atoms with Crippen LogP contribution >= 0.6 is 0 Å². The number of rotatable bonds is 5. The minimum atomic E-state index is 0.548. The Morgan fingerprint density at radius 3 is 2.50 bits per heavy atom. The van der Waals surface area contributed by atoms with Gasteiger partial charge in [-0.3, -0.25) is 0 Å². The van der Waals surface area contributed by atoms with Crippen molar-refractivity contribution in [2.24, 2.45) is 16.8 Å². The summed E-state index contributed by atoms with van der Waals surface area (Å²) in [4.78, 5) is 4.62. The minimum absolute atomic E-state index is 0.548. The summed E-state index contributed by atoms with van der Waals surface area (Å²) in [6.45, 7) is 8.67. The zero-order valence-electron chi connectivity index (χ0n) is 11.0. The average molecular weight is 217 g/mol. The first-order valence-electron chi connectivity index (χ1n) is 6.32. The lowest BCUT2D eigenvalue weighted by Gasteiger charge is -2.12. The fourth-order valence-electron chi connectivity index (χ4n) is 1.89. The van der Waals surface area contributed by atoms with Crippen LogP contribution < -0.4 is 0 Å². The maximum Gasteiger partial charge on any atom is 0.111 e. The molecule has 0 bridgehead atoms.